The summed E-state index contributed by atoms with van der Waals surface area (Å²) in [5.74, 6) is -0.851. The summed E-state index contributed by atoms with van der Waals surface area (Å²) in [4.78, 5) is 25.4. The second kappa shape index (κ2) is 11.3. The predicted molar refractivity (Wildman–Crippen MR) is 143 cm³/mol. The third kappa shape index (κ3) is 6.28. The molecule has 1 heterocycles. The lowest BCUT2D eigenvalue weighted by Crippen LogP contribution is -2.43. The van der Waals surface area contributed by atoms with Crippen molar-refractivity contribution in [2.75, 3.05) is 0 Å². The number of esters is 1. The van der Waals surface area contributed by atoms with E-state index in [0.717, 1.165) is 17.5 Å². The lowest BCUT2D eigenvalue weighted by molar-refractivity contribution is -0.136. The Morgan fingerprint density at radius 1 is 1.05 bits per heavy atom. The molecular formula is C28H26ClNO6S. The first-order valence-electron chi connectivity index (χ1n) is 11.8. The second-order valence-corrected chi connectivity index (χ2v) is 10.8. The van der Waals surface area contributed by atoms with Gasteiger partial charge in [0.1, 0.15) is 11.6 Å². The number of benzene rings is 3. The minimum absolute atomic E-state index is 0.0384. The zero-order chi connectivity index (χ0) is 26.6. The van der Waals surface area contributed by atoms with Crippen LogP contribution in [0.4, 0.5) is 0 Å². The van der Waals surface area contributed by atoms with Gasteiger partial charge in [0.25, 0.3) is 0 Å². The van der Waals surface area contributed by atoms with Gasteiger partial charge in [0.2, 0.25) is 10.0 Å². The summed E-state index contributed by atoms with van der Waals surface area (Å²) in [5.41, 5.74) is 1.94. The maximum Gasteiger partial charge on any atom is 0.336 e. The minimum Gasteiger partial charge on any atom is -0.424 e. The van der Waals surface area contributed by atoms with Crippen LogP contribution in [0.5, 0.6) is 5.75 Å². The van der Waals surface area contributed by atoms with E-state index >= 15 is 0 Å². The van der Waals surface area contributed by atoms with Crippen LogP contribution in [0.15, 0.2) is 86.9 Å². The largest absolute Gasteiger partial charge is 0.424 e. The van der Waals surface area contributed by atoms with Crippen LogP contribution < -0.4 is 15.1 Å². The van der Waals surface area contributed by atoms with Crippen LogP contribution in [0.25, 0.3) is 22.1 Å². The summed E-state index contributed by atoms with van der Waals surface area (Å²) in [5, 5.41) is 0.681. The maximum absolute atomic E-state index is 13.1. The molecule has 1 N–H and O–H groups in total. The molecular weight excluding hydrogens is 514 g/mol. The van der Waals surface area contributed by atoms with Gasteiger partial charge >= 0.3 is 11.6 Å². The van der Waals surface area contributed by atoms with E-state index in [2.05, 4.69) is 4.72 Å². The first-order chi connectivity index (χ1) is 17.7. The van der Waals surface area contributed by atoms with Gasteiger partial charge in [0.05, 0.1) is 9.92 Å². The number of fused-ring (bicyclic) bond motifs is 1. The highest BCUT2D eigenvalue weighted by Gasteiger charge is 2.28. The van der Waals surface area contributed by atoms with E-state index in [4.69, 9.17) is 20.8 Å². The standard InChI is InChI=1S/C28H26ClNO6S/c1-3-4-10-24(30-37(33,34)20-13-11-18(2)12-14-20)28(32)36-26-17-25-22(15-23(26)29)21(16-27(31)35-25)19-8-6-5-7-9-19/h5-9,11-17,24,30H,3-4,10H2,1-2H3/t24-/m0/s1. The minimum atomic E-state index is -3.97. The number of carbonyl (C=O) groups excluding carboxylic acids is 1. The molecule has 192 valence electrons. The number of aryl methyl sites for hydroxylation is 1. The molecule has 0 fully saturated rings. The van der Waals surface area contributed by atoms with E-state index in [0.29, 0.717) is 17.4 Å². The molecule has 0 saturated carbocycles. The van der Waals surface area contributed by atoms with Crippen molar-refractivity contribution in [2.45, 2.75) is 44.0 Å². The molecule has 0 bridgehead atoms. The fourth-order valence-corrected chi connectivity index (χ4v) is 5.30. The first-order valence-corrected chi connectivity index (χ1v) is 13.7. The molecule has 0 unspecified atom stereocenters. The zero-order valence-corrected chi connectivity index (χ0v) is 21.9. The van der Waals surface area contributed by atoms with Gasteiger partial charge in [-0.15, -0.1) is 0 Å². The Hall–Kier alpha value is -3.46. The summed E-state index contributed by atoms with van der Waals surface area (Å²) in [6, 6.07) is 18.8. The summed E-state index contributed by atoms with van der Waals surface area (Å²) in [6.07, 6.45) is 1.58. The Balaban J connectivity index is 1.65. The van der Waals surface area contributed by atoms with Gasteiger partial charge in [-0.25, -0.2) is 18.0 Å². The van der Waals surface area contributed by atoms with Crippen LogP contribution in [-0.4, -0.2) is 20.4 Å². The molecule has 0 radical (unpaired) electrons. The molecule has 9 heteroatoms. The van der Waals surface area contributed by atoms with Gasteiger partial charge in [-0.3, -0.25) is 0 Å². The third-order valence-corrected chi connectivity index (χ3v) is 7.63. The number of rotatable bonds is 9. The monoisotopic (exact) mass is 539 g/mol. The second-order valence-electron chi connectivity index (χ2n) is 8.67. The van der Waals surface area contributed by atoms with Gasteiger partial charge in [0, 0.05) is 17.5 Å². The van der Waals surface area contributed by atoms with Crippen LogP contribution in [0, 0.1) is 6.92 Å². The van der Waals surface area contributed by atoms with E-state index in [1.54, 1.807) is 18.2 Å². The third-order valence-electron chi connectivity index (χ3n) is 5.85. The lowest BCUT2D eigenvalue weighted by Gasteiger charge is -2.18. The number of hydrogen-bond donors (Lipinski definition) is 1. The summed E-state index contributed by atoms with van der Waals surface area (Å²) >= 11 is 6.46. The van der Waals surface area contributed by atoms with Crippen molar-refractivity contribution in [3.05, 3.63) is 93.8 Å². The molecule has 1 atom stereocenters. The van der Waals surface area contributed by atoms with E-state index in [1.807, 2.05) is 44.2 Å². The van der Waals surface area contributed by atoms with E-state index in [1.165, 1.54) is 24.3 Å². The average molecular weight is 540 g/mol. The SMILES string of the molecule is CCCC[C@H](NS(=O)(=O)c1ccc(C)cc1)C(=O)Oc1cc2oc(=O)cc(-c3ccccc3)c2cc1Cl. The van der Waals surface area contributed by atoms with E-state index < -0.39 is 27.7 Å². The van der Waals surface area contributed by atoms with Crippen molar-refractivity contribution in [1.29, 1.82) is 0 Å². The van der Waals surface area contributed by atoms with Gasteiger partial charge in [-0.1, -0.05) is 79.4 Å². The van der Waals surface area contributed by atoms with E-state index in [-0.39, 0.29) is 27.7 Å². The van der Waals surface area contributed by atoms with Gasteiger partial charge in [-0.05, 0) is 42.7 Å². The van der Waals surface area contributed by atoms with Crippen LogP contribution in [-0.2, 0) is 14.8 Å². The molecule has 37 heavy (non-hydrogen) atoms. The molecule has 7 nitrogen and oxygen atoms in total. The number of unbranched alkanes of at least 4 members (excludes halogenated alkanes) is 1. The van der Waals surface area contributed by atoms with Crippen LogP contribution in [0.3, 0.4) is 0 Å². The number of ether oxygens (including phenoxy) is 1. The Morgan fingerprint density at radius 2 is 1.76 bits per heavy atom. The molecule has 0 aliphatic rings. The summed E-state index contributed by atoms with van der Waals surface area (Å²) in [6.45, 7) is 3.78. The van der Waals surface area contributed by atoms with Crippen molar-refractivity contribution >= 4 is 38.6 Å². The molecule has 4 rings (SSSR count). The van der Waals surface area contributed by atoms with Crippen molar-refractivity contribution < 1.29 is 22.4 Å². The molecule has 3 aromatic carbocycles. The average Bonchev–Trinajstić information content (AvgIpc) is 2.87. The molecule has 0 spiro atoms. The van der Waals surface area contributed by atoms with Crippen molar-refractivity contribution in [3.8, 4) is 16.9 Å². The Morgan fingerprint density at radius 3 is 2.43 bits per heavy atom. The van der Waals surface area contributed by atoms with Crippen molar-refractivity contribution in [1.82, 2.24) is 4.72 Å². The van der Waals surface area contributed by atoms with E-state index in [9.17, 15) is 18.0 Å². The zero-order valence-electron chi connectivity index (χ0n) is 20.4. The normalized spacial score (nSPS) is 12.4. The highest BCUT2D eigenvalue weighted by atomic mass is 35.5. The topological polar surface area (TPSA) is 103 Å². The number of halogens is 1. The van der Waals surface area contributed by atoms with Gasteiger partial charge in [0.15, 0.2) is 5.75 Å². The lowest BCUT2D eigenvalue weighted by atomic mass is 10.0. The number of nitrogens with one attached hydrogen (secondary N) is 1. The fraction of sp³-hybridized carbons (Fsp3) is 0.214. The molecule has 0 amide bonds. The van der Waals surface area contributed by atoms with Crippen molar-refractivity contribution in [2.24, 2.45) is 0 Å². The molecule has 4 aromatic rings. The highest BCUT2D eigenvalue weighted by Crippen LogP contribution is 2.35. The van der Waals surface area contributed by atoms with Crippen LogP contribution >= 0.6 is 11.6 Å². The molecule has 0 aliphatic heterocycles. The predicted octanol–water partition coefficient (Wildman–Crippen LogP) is 5.86. The molecule has 1 aromatic heterocycles. The maximum atomic E-state index is 13.1. The van der Waals surface area contributed by atoms with Crippen LogP contribution in [0.1, 0.15) is 31.7 Å². The fourth-order valence-electron chi connectivity index (χ4n) is 3.88. The summed E-state index contributed by atoms with van der Waals surface area (Å²) < 4.78 is 39.2. The molecule has 0 saturated heterocycles. The van der Waals surface area contributed by atoms with Crippen molar-refractivity contribution in [3.63, 3.8) is 0 Å². The smallest absolute Gasteiger partial charge is 0.336 e. The summed E-state index contributed by atoms with van der Waals surface area (Å²) in [7, 11) is -3.97. The van der Waals surface area contributed by atoms with Gasteiger partial charge < -0.3 is 9.15 Å². The molecule has 0 aliphatic carbocycles. The van der Waals surface area contributed by atoms with Crippen LogP contribution in [0.2, 0.25) is 5.02 Å². The Bertz CT molecular complexity index is 1580. The quantitative estimate of drug-likeness (QED) is 0.162. The first kappa shape index (κ1) is 26.6. The van der Waals surface area contributed by atoms with Gasteiger partial charge in [-0.2, -0.15) is 4.72 Å². The Kier molecular flexibility index (Phi) is 8.12. The number of sulfonamides is 1. The highest BCUT2D eigenvalue weighted by molar-refractivity contribution is 7.89. The number of carbonyl (C=O) groups is 1. The Labute approximate surface area is 220 Å². The number of hydrogen-bond acceptors (Lipinski definition) is 6.